The molecule has 0 saturated heterocycles. The van der Waals surface area contributed by atoms with Crippen LogP contribution in [0.2, 0.25) is 0 Å². The van der Waals surface area contributed by atoms with E-state index in [1.165, 1.54) is 29.7 Å². The fourth-order valence-corrected chi connectivity index (χ4v) is 3.71. The first-order chi connectivity index (χ1) is 12.1. The van der Waals surface area contributed by atoms with Crippen LogP contribution in [0.5, 0.6) is 0 Å². The van der Waals surface area contributed by atoms with Crippen molar-refractivity contribution in [3.63, 3.8) is 0 Å². The number of hydrogen-bond donors (Lipinski definition) is 1. The normalized spacial score (nSPS) is 19.6. The van der Waals surface area contributed by atoms with E-state index in [2.05, 4.69) is 41.6 Å². The maximum atomic E-state index is 13.1. The highest BCUT2D eigenvalue weighted by Gasteiger charge is 2.31. The van der Waals surface area contributed by atoms with Crippen LogP contribution in [0.4, 0.5) is 4.39 Å². The Balaban J connectivity index is 1.50. The van der Waals surface area contributed by atoms with Crippen molar-refractivity contribution in [3.8, 4) is 5.69 Å². The highest BCUT2D eigenvalue weighted by molar-refractivity contribution is 5.36. The zero-order valence-electron chi connectivity index (χ0n) is 14.4. The van der Waals surface area contributed by atoms with Crippen LogP contribution in [0.15, 0.2) is 60.9 Å². The molecule has 0 amide bonds. The van der Waals surface area contributed by atoms with Crippen molar-refractivity contribution in [3.05, 3.63) is 83.4 Å². The first-order valence-corrected chi connectivity index (χ1v) is 8.77. The van der Waals surface area contributed by atoms with Gasteiger partial charge in [0.2, 0.25) is 0 Å². The Kier molecular flexibility index (Phi) is 4.14. The van der Waals surface area contributed by atoms with E-state index in [9.17, 15) is 4.39 Å². The Morgan fingerprint density at radius 2 is 1.96 bits per heavy atom. The lowest BCUT2D eigenvalue weighted by molar-refractivity contribution is 0.311. The minimum atomic E-state index is -0.235. The maximum absolute atomic E-state index is 13.1. The van der Waals surface area contributed by atoms with Crippen LogP contribution < -0.4 is 5.32 Å². The molecule has 0 fully saturated rings. The Bertz CT molecular complexity index is 869. The van der Waals surface area contributed by atoms with Gasteiger partial charge in [0, 0.05) is 23.8 Å². The number of nitrogens with zero attached hydrogens (tertiary/aromatic N) is 2. The minimum Gasteiger partial charge on any atom is -0.303 e. The molecule has 0 saturated carbocycles. The van der Waals surface area contributed by atoms with Gasteiger partial charge < -0.3 is 5.32 Å². The monoisotopic (exact) mass is 335 g/mol. The molecular weight excluding hydrogens is 313 g/mol. The van der Waals surface area contributed by atoms with Gasteiger partial charge in [-0.15, -0.1) is 0 Å². The largest absolute Gasteiger partial charge is 0.303 e. The molecule has 0 aliphatic heterocycles. The van der Waals surface area contributed by atoms with Gasteiger partial charge in [0.05, 0.1) is 11.9 Å². The number of rotatable bonds is 4. The van der Waals surface area contributed by atoms with Crippen LogP contribution in [0.1, 0.15) is 36.5 Å². The van der Waals surface area contributed by atoms with Crippen LogP contribution in [-0.2, 0) is 18.5 Å². The number of fused-ring (bicyclic) bond motifs is 1. The Labute approximate surface area is 147 Å². The summed E-state index contributed by atoms with van der Waals surface area (Å²) in [5.41, 5.74) is 4.83. The molecule has 2 aromatic carbocycles. The Morgan fingerprint density at radius 1 is 1.16 bits per heavy atom. The predicted octanol–water partition coefficient (Wildman–Crippen LogP) is 4.35. The van der Waals surface area contributed by atoms with Crippen molar-refractivity contribution >= 4 is 0 Å². The zero-order chi connectivity index (χ0) is 17.3. The molecule has 25 heavy (non-hydrogen) atoms. The fourth-order valence-electron chi connectivity index (χ4n) is 3.71. The van der Waals surface area contributed by atoms with Crippen LogP contribution in [0.3, 0.4) is 0 Å². The second-order valence-electron chi connectivity index (χ2n) is 6.97. The van der Waals surface area contributed by atoms with Gasteiger partial charge in [0.1, 0.15) is 5.82 Å². The molecule has 1 aromatic heterocycles. The number of aromatic nitrogens is 2. The summed E-state index contributed by atoms with van der Waals surface area (Å²) in [6, 6.07) is 15.1. The summed E-state index contributed by atoms with van der Waals surface area (Å²) in [5, 5.41) is 8.13. The van der Waals surface area contributed by atoms with Crippen LogP contribution in [0, 0.1) is 5.82 Å². The summed E-state index contributed by atoms with van der Waals surface area (Å²) in [4.78, 5) is 0. The molecule has 1 aliphatic carbocycles. The summed E-state index contributed by atoms with van der Waals surface area (Å²) < 4.78 is 14.8. The molecule has 3 aromatic rings. The summed E-state index contributed by atoms with van der Waals surface area (Å²) in [5.74, 6) is -0.235. The molecule has 0 spiro atoms. The minimum absolute atomic E-state index is 0.00712. The zero-order valence-corrected chi connectivity index (χ0v) is 14.4. The van der Waals surface area contributed by atoms with Crippen molar-refractivity contribution in [2.24, 2.45) is 0 Å². The molecule has 0 radical (unpaired) electrons. The van der Waals surface area contributed by atoms with E-state index in [-0.39, 0.29) is 11.4 Å². The van der Waals surface area contributed by atoms with Gasteiger partial charge in [-0.1, -0.05) is 24.3 Å². The number of nitrogens with one attached hydrogen (secondary N) is 1. The van der Waals surface area contributed by atoms with Gasteiger partial charge >= 0.3 is 0 Å². The number of aryl methyl sites for hydroxylation is 1. The summed E-state index contributed by atoms with van der Waals surface area (Å²) in [6.07, 6.45) is 7.37. The van der Waals surface area contributed by atoms with Gasteiger partial charge in [-0.3, -0.25) is 0 Å². The molecular formula is C21H22FN3. The Hall–Kier alpha value is -2.46. The van der Waals surface area contributed by atoms with E-state index < -0.39 is 0 Å². The molecule has 0 unspecified atom stereocenters. The van der Waals surface area contributed by atoms with Gasteiger partial charge in [0.25, 0.3) is 0 Å². The maximum Gasteiger partial charge on any atom is 0.123 e. The third-order valence-corrected chi connectivity index (χ3v) is 5.14. The van der Waals surface area contributed by atoms with E-state index in [1.54, 1.807) is 16.8 Å². The number of hydrogen-bond acceptors (Lipinski definition) is 2. The lowest BCUT2D eigenvalue weighted by Crippen LogP contribution is -2.41. The second kappa shape index (κ2) is 6.45. The van der Waals surface area contributed by atoms with Crippen LogP contribution >= 0.6 is 0 Å². The number of halogens is 1. The van der Waals surface area contributed by atoms with E-state index in [1.807, 2.05) is 12.4 Å². The van der Waals surface area contributed by atoms with E-state index in [4.69, 9.17) is 0 Å². The fraction of sp³-hybridized carbons (Fsp3) is 0.286. The molecule has 0 bridgehead atoms. The number of benzene rings is 2. The van der Waals surface area contributed by atoms with Gasteiger partial charge in [-0.2, -0.15) is 5.10 Å². The summed E-state index contributed by atoms with van der Waals surface area (Å²) in [7, 11) is 0. The highest BCUT2D eigenvalue weighted by atomic mass is 19.1. The topological polar surface area (TPSA) is 29.9 Å². The van der Waals surface area contributed by atoms with E-state index >= 15 is 0 Å². The van der Waals surface area contributed by atoms with Gasteiger partial charge in [0.15, 0.2) is 0 Å². The average molecular weight is 335 g/mol. The van der Waals surface area contributed by atoms with Crippen LogP contribution in [0.25, 0.3) is 5.69 Å². The second-order valence-corrected chi connectivity index (χ2v) is 6.97. The Morgan fingerprint density at radius 3 is 2.80 bits per heavy atom. The SMILES string of the molecule is C[C@@]1(NCc2cnn(-c3ccc(F)cc3)c2)CCCc2ccccc21. The van der Waals surface area contributed by atoms with Crippen molar-refractivity contribution < 1.29 is 4.39 Å². The molecule has 1 aliphatic rings. The summed E-state index contributed by atoms with van der Waals surface area (Å²) in [6.45, 7) is 3.04. The third kappa shape index (κ3) is 3.22. The smallest absolute Gasteiger partial charge is 0.123 e. The predicted molar refractivity (Wildman–Crippen MR) is 97.1 cm³/mol. The molecule has 1 atom stereocenters. The first kappa shape index (κ1) is 16.0. The quantitative estimate of drug-likeness (QED) is 0.768. The van der Waals surface area contributed by atoms with Gasteiger partial charge in [-0.25, -0.2) is 9.07 Å². The van der Waals surface area contributed by atoms with Gasteiger partial charge in [-0.05, 0) is 61.6 Å². The van der Waals surface area contributed by atoms with Crippen LogP contribution in [-0.4, -0.2) is 9.78 Å². The molecule has 128 valence electrons. The highest BCUT2D eigenvalue weighted by Crippen LogP contribution is 2.35. The average Bonchev–Trinajstić information content (AvgIpc) is 3.10. The lowest BCUT2D eigenvalue weighted by Gasteiger charge is -2.37. The van der Waals surface area contributed by atoms with Crippen molar-refractivity contribution in [2.75, 3.05) is 0 Å². The van der Waals surface area contributed by atoms with Crippen molar-refractivity contribution in [2.45, 2.75) is 38.3 Å². The first-order valence-electron chi connectivity index (χ1n) is 8.77. The molecule has 1 N–H and O–H groups in total. The van der Waals surface area contributed by atoms with E-state index in [0.29, 0.717) is 0 Å². The lowest BCUT2D eigenvalue weighted by atomic mass is 9.78. The van der Waals surface area contributed by atoms with E-state index in [0.717, 1.165) is 30.6 Å². The van der Waals surface area contributed by atoms with Crippen molar-refractivity contribution in [1.82, 2.24) is 15.1 Å². The molecule has 4 heteroatoms. The third-order valence-electron chi connectivity index (χ3n) is 5.14. The molecule has 1 heterocycles. The summed E-state index contributed by atoms with van der Waals surface area (Å²) >= 11 is 0. The molecule has 4 rings (SSSR count). The molecule has 3 nitrogen and oxygen atoms in total. The van der Waals surface area contributed by atoms with Crippen molar-refractivity contribution in [1.29, 1.82) is 0 Å². The standard InChI is InChI=1S/C21H22FN3/c1-21(12-4-6-17-5-2-3-7-20(17)21)23-13-16-14-24-25(15-16)19-10-8-18(22)9-11-19/h2-3,5,7-11,14-15,23H,4,6,12-13H2,1H3/t21-/m1/s1.